The number of hydrogen-bond acceptors (Lipinski definition) is 3. The zero-order valence-electron chi connectivity index (χ0n) is 10.9. The molecule has 21 heavy (non-hydrogen) atoms. The second-order valence-corrected chi connectivity index (χ2v) is 6.61. The fraction of sp³-hybridized carbons (Fsp3) is 0.0667. The van der Waals surface area contributed by atoms with E-state index in [1.165, 1.54) is 0 Å². The third-order valence-corrected chi connectivity index (χ3v) is 4.44. The number of aromatic nitrogens is 2. The summed E-state index contributed by atoms with van der Waals surface area (Å²) in [7, 11) is 1.63. The van der Waals surface area contributed by atoms with Gasteiger partial charge in [0.15, 0.2) is 9.58 Å². The fourth-order valence-electron chi connectivity index (χ4n) is 2.20. The molecule has 106 valence electrons. The second-order valence-electron chi connectivity index (χ2n) is 4.35. The molecule has 3 aromatic rings. The first kappa shape index (κ1) is 15.0. The number of fused-ring (bicyclic) bond motifs is 1. The molecule has 3 nitrogen and oxygen atoms in total. The van der Waals surface area contributed by atoms with E-state index in [1.807, 2.05) is 36.5 Å². The first-order chi connectivity index (χ1) is 10.1. The van der Waals surface area contributed by atoms with Crippen LogP contribution in [-0.2, 0) is 0 Å². The molecular weight excluding hydrogens is 466 g/mol. The first-order valence-electron chi connectivity index (χ1n) is 6.05. The average Bonchev–Trinajstić information content (AvgIpc) is 2.46. The summed E-state index contributed by atoms with van der Waals surface area (Å²) in [6.45, 7) is 0. The minimum absolute atomic E-state index is 0.675. The summed E-state index contributed by atoms with van der Waals surface area (Å²) >= 11 is 11.7. The Morgan fingerprint density at radius 2 is 2.10 bits per heavy atom. The van der Waals surface area contributed by atoms with Gasteiger partial charge in [0.1, 0.15) is 5.52 Å². The van der Waals surface area contributed by atoms with Crippen LogP contribution in [0, 0.1) is 3.83 Å². The fourth-order valence-corrected chi connectivity index (χ4v) is 3.35. The maximum absolute atomic E-state index is 6.10. The van der Waals surface area contributed by atoms with Gasteiger partial charge in [-0.25, -0.2) is 9.97 Å². The highest BCUT2D eigenvalue weighted by Crippen LogP contribution is 2.39. The lowest BCUT2D eigenvalue weighted by Crippen LogP contribution is -1.95. The largest absolute Gasteiger partial charge is 0.493 e. The van der Waals surface area contributed by atoms with Crippen molar-refractivity contribution in [2.75, 3.05) is 7.11 Å². The molecule has 0 unspecified atom stereocenters. The van der Waals surface area contributed by atoms with E-state index in [-0.39, 0.29) is 0 Å². The molecule has 1 aromatic heterocycles. The normalized spacial score (nSPS) is 10.9. The highest BCUT2D eigenvalue weighted by molar-refractivity contribution is 14.1. The lowest BCUT2D eigenvalue weighted by molar-refractivity contribution is 0.416. The maximum atomic E-state index is 6.10. The Morgan fingerprint density at radius 1 is 1.29 bits per heavy atom. The summed E-state index contributed by atoms with van der Waals surface area (Å²) in [6, 6.07) is 9.72. The molecule has 0 aliphatic carbocycles. The van der Waals surface area contributed by atoms with Crippen LogP contribution in [0.4, 0.5) is 0 Å². The summed E-state index contributed by atoms with van der Waals surface area (Å²) in [5, 5.41) is 1.62. The molecule has 2 aromatic carbocycles. The molecule has 0 aliphatic rings. The van der Waals surface area contributed by atoms with Crippen LogP contribution in [0.15, 0.2) is 41.0 Å². The highest BCUT2D eigenvalue weighted by Gasteiger charge is 2.15. The molecule has 0 saturated carbocycles. The summed E-state index contributed by atoms with van der Waals surface area (Å²) in [5.41, 5.74) is 2.80. The highest BCUT2D eigenvalue weighted by atomic mass is 127. The topological polar surface area (TPSA) is 35.0 Å². The molecule has 0 saturated heterocycles. The monoisotopic (exact) mass is 474 g/mol. The van der Waals surface area contributed by atoms with Crippen molar-refractivity contribution in [3.8, 4) is 16.9 Å². The summed E-state index contributed by atoms with van der Waals surface area (Å²) in [5.74, 6) is 0.705. The minimum atomic E-state index is 0.675. The SMILES string of the molecule is COc1c(Br)cc(-c2cccc(Cl)c2)c2cnc(I)nc12. The van der Waals surface area contributed by atoms with Crippen molar-refractivity contribution in [1.29, 1.82) is 0 Å². The van der Waals surface area contributed by atoms with Gasteiger partial charge in [-0.2, -0.15) is 0 Å². The van der Waals surface area contributed by atoms with Crippen molar-refractivity contribution in [3.05, 3.63) is 49.9 Å². The molecule has 0 fully saturated rings. The van der Waals surface area contributed by atoms with Gasteiger partial charge in [0, 0.05) is 39.2 Å². The third kappa shape index (κ3) is 2.86. The van der Waals surface area contributed by atoms with E-state index in [4.69, 9.17) is 16.3 Å². The van der Waals surface area contributed by atoms with Crippen molar-refractivity contribution >= 4 is 61.0 Å². The summed E-state index contributed by atoms with van der Waals surface area (Å²) in [4.78, 5) is 8.80. The maximum Gasteiger partial charge on any atom is 0.191 e. The van der Waals surface area contributed by atoms with E-state index in [2.05, 4.69) is 48.5 Å². The Hall–Kier alpha value is -0.920. The number of nitrogens with zero attached hydrogens (tertiary/aromatic N) is 2. The smallest absolute Gasteiger partial charge is 0.191 e. The van der Waals surface area contributed by atoms with Gasteiger partial charge in [-0.15, -0.1) is 0 Å². The predicted molar refractivity (Wildman–Crippen MR) is 97.0 cm³/mol. The molecule has 0 atom stereocenters. The Labute approximate surface area is 149 Å². The number of rotatable bonds is 2. The van der Waals surface area contributed by atoms with E-state index >= 15 is 0 Å². The van der Waals surface area contributed by atoms with Crippen molar-refractivity contribution in [2.24, 2.45) is 0 Å². The van der Waals surface area contributed by atoms with Gasteiger partial charge < -0.3 is 4.74 Å². The van der Waals surface area contributed by atoms with E-state index in [0.717, 1.165) is 26.5 Å². The van der Waals surface area contributed by atoms with Crippen LogP contribution in [0.1, 0.15) is 0 Å². The van der Waals surface area contributed by atoms with Crippen molar-refractivity contribution < 1.29 is 4.74 Å². The number of halogens is 3. The standard InChI is InChI=1S/C15H9BrClIN2O/c1-21-14-12(16)6-10(8-3-2-4-9(17)5-8)11-7-19-15(18)20-13(11)14/h2-7H,1H3. The van der Waals surface area contributed by atoms with Crippen LogP contribution in [-0.4, -0.2) is 17.1 Å². The van der Waals surface area contributed by atoms with Crippen LogP contribution >= 0.6 is 50.1 Å². The lowest BCUT2D eigenvalue weighted by Gasteiger charge is -2.12. The van der Waals surface area contributed by atoms with Gasteiger partial charge in [0.2, 0.25) is 0 Å². The van der Waals surface area contributed by atoms with Crippen LogP contribution in [0.5, 0.6) is 5.75 Å². The van der Waals surface area contributed by atoms with Crippen LogP contribution in [0.25, 0.3) is 22.0 Å². The van der Waals surface area contributed by atoms with E-state index in [0.29, 0.717) is 14.6 Å². The zero-order valence-corrected chi connectivity index (χ0v) is 15.4. The molecule has 0 spiro atoms. The molecule has 0 aliphatic heterocycles. The zero-order chi connectivity index (χ0) is 15.0. The Bertz CT molecular complexity index is 841. The molecule has 3 rings (SSSR count). The van der Waals surface area contributed by atoms with Crippen LogP contribution in [0.2, 0.25) is 5.02 Å². The summed E-state index contributed by atoms with van der Waals surface area (Å²) < 4.78 is 6.98. The molecular formula is C15H9BrClIN2O. The predicted octanol–water partition coefficient (Wildman–Crippen LogP) is 5.33. The van der Waals surface area contributed by atoms with Gasteiger partial charge in [0.25, 0.3) is 0 Å². The van der Waals surface area contributed by atoms with E-state index < -0.39 is 0 Å². The van der Waals surface area contributed by atoms with Crippen molar-refractivity contribution in [1.82, 2.24) is 9.97 Å². The molecule has 0 N–H and O–H groups in total. The minimum Gasteiger partial charge on any atom is -0.493 e. The van der Waals surface area contributed by atoms with Gasteiger partial charge in [-0.05, 0) is 45.3 Å². The third-order valence-electron chi connectivity index (χ3n) is 3.09. The molecule has 0 bridgehead atoms. The Morgan fingerprint density at radius 3 is 2.81 bits per heavy atom. The molecule has 1 heterocycles. The van der Waals surface area contributed by atoms with Crippen molar-refractivity contribution in [2.45, 2.75) is 0 Å². The van der Waals surface area contributed by atoms with Gasteiger partial charge in [0.05, 0.1) is 11.6 Å². The molecule has 6 heteroatoms. The average molecular weight is 476 g/mol. The first-order valence-corrected chi connectivity index (χ1v) is 8.30. The van der Waals surface area contributed by atoms with Gasteiger partial charge in [-0.3, -0.25) is 0 Å². The second kappa shape index (κ2) is 6.06. The van der Waals surface area contributed by atoms with E-state index in [9.17, 15) is 0 Å². The quantitative estimate of drug-likeness (QED) is 0.372. The lowest BCUT2D eigenvalue weighted by atomic mass is 10.0. The number of ether oxygens (including phenoxy) is 1. The molecule has 0 amide bonds. The van der Waals surface area contributed by atoms with Crippen LogP contribution < -0.4 is 4.74 Å². The number of hydrogen-bond donors (Lipinski definition) is 0. The van der Waals surface area contributed by atoms with E-state index in [1.54, 1.807) is 7.11 Å². The molecule has 0 radical (unpaired) electrons. The van der Waals surface area contributed by atoms with Crippen LogP contribution in [0.3, 0.4) is 0 Å². The van der Waals surface area contributed by atoms with Gasteiger partial charge >= 0.3 is 0 Å². The Kier molecular flexibility index (Phi) is 4.33. The number of benzene rings is 2. The Balaban J connectivity index is 2.39. The van der Waals surface area contributed by atoms with Gasteiger partial charge in [-0.1, -0.05) is 23.7 Å². The summed E-state index contributed by atoms with van der Waals surface area (Å²) in [6.07, 6.45) is 1.81. The number of methoxy groups -OCH3 is 1. The van der Waals surface area contributed by atoms with Crippen molar-refractivity contribution in [3.63, 3.8) is 0 Å².